The first kappa shape index (κ1) is 9.75. The van der Waals surface area contributed by atoms with Gasteiger partial charge in [0.1, 0.15) is 11.8 Å². The summed E-state index contributed by atoms with van der Waals surface area (Å²) in [4.78, 5) is 3.91. The van der Waals surface area contributed by atoms with Gasteiger partial charge in [-0.15, -0.1) is 0 Å². The Kier molecular flexibility index (Phi) is 3.47. The maximum absolute atomic E-state index is 8.49. The molecule has 1 N–H and O–H groups in total. The molecule has 0 radical (unpaired) electrons. The fourth-order valence-corrected chi connectivity index (χ4v) is 0.903. The van der Waals surface area contributed by atoms with Gasteiger partial charge in [0.2, 0.25) is 0 Å². The van der Waals surface area contributed by atoms with Crippen LogP contribution in [0.5, 0.6) is 0 Å². The minimum Gasteiger partial charge on any atom is -0.379 e. The lowest BCUT2D eigenvalue weighted by atomic mass is 10.3. The largest absolute Gasteiger partial charge is 0.379 e. The zero-order valence-electron chi connectivity index (χ0n) is 6.92. The second kappa shape index (κ2) is 4.63. The van der Waals surface area contributed by atoms with Crippen molar-refractivity contribution >= 4 is 21.6 Å². The molecule has 66 valence electrons. The van der Waals surface area contributed by atoms with Crippen molar-refractivity contribution in [3.8, 4) is 6.07 Å². The van der Waals surface area contributed by atoms with Crippen LogP contribution in [0.3, 0.4) is 0 Å². The number of nitrogens with zero attached hydrogens (tertiary/aromatic N) is 2. The van der Waals surface area contributed by atoms with E-state index in [1.807, 2.05) is 12.1 Å². The van der Waals surface area contributed by atoms with Crippen LogP contribution in [0.15, 0.2) is 29.4 Å². The molecule has 0 aliphatic heterocycles. The van der Waals surface area contributed by atoms with Gasteiger partial charge in [-0.25, -0.2) is 4.98 Å². The maximum atomic E-state index is 8.49. The van der Waals surface area contributed by atoms with E-state index in [0.717, 1.165) is 10.2 Å². The van der Waals surface area contributed by atoms with Crippen LogP contribution < -0.4 is 5.32 Å². The smallest absolute Gasteiger partial charge is 0.140 e. The van der Waals surface area contributed by atoms with Crippen LogP contribution in [0.25, 0.3) is 0 Å². The van der Waals surface area contributed by atoms with Crippen molar-refractivity contribution in [1.29, 1.82) is 5.26 Å². The molecule has 13 heavy (non-hydrogen) atoms. The molecular weight excluding hydrogens is 230 g/mol. The molecule has 0 aliphatic carbocycles. The van der Waals surface area contributed by atoms with Gasteiger partial charge in [0.15, 0.2) is 0 Å². The Morgan fingerprint density at radius 1 is 1.69 bits per heavy atom. The highest BCUT2D eigenvalue weighted by Crippen LogP contribution is 2.07. The zero-order chi connectivity index (χ0) is 9.68. The molecule has 1 heterocycles. The van der Waals surface area contributed by atoms with E-state index < -0.39 is 0 Å². The predicted octanol–water partition coefficient (Wildman–Crippen LogP) is 2.27. The molecule has 0 aromatic carbocycles. The Balaban J connectivity index is 2.60. The van der Waals surface area contributed by atoms with E-state index in [1.165, 1.54) is 0 Å². The molecule has 1 rings (SSSR count). The SMILES string of the molecule is C=C(Br)CNc1ccc(C#N)nc1. The second-order valence-corrected chi connectivity index (χ2v) is 3.54. The van der Waals surface area contributed by atoms with Gasteiger partial charge < -0.3 is 5.32 Å². The maximum Gasteiger partial charge on any atom is 0.140 e. The Hall–Kier alpha value is -1.34. The van der Waals surface area contributed by atoms with Gasteiger partial charge in [0, 0.05) is 11.0 Å². The van der Waals surface area contributed by atoms with Gasteiger partial charge in [0.05, 0.1) is 11.9 Å². The molecule has 3 nitrogen and oxygen atoms in total. The summed E-state index contributed by atoms with van der Waals surface area (Å²) >= 11 is 3.23. The van der Waals surface area contributed by atoms with E-state index in [0.29, 0.717) is 12.2 Å². The number of hydrogen-bond donors (Lipinski definition) is 1. The Labute approximate surface area is 85.2 Å². The molecule has 0 aliphatic rings. The monoisotopic (exact) mass is 237 g/mol. The number of pyridine rings is 1. The van der Waals surface area contributed by atoms with E-state index in [2.05, 4.69) is 32.8 Å². The molecule has 0 saturated carbocycles. The van der Waals surface area contributed by atoms with Crippen molar-refractivity contribution in [2.75, 3.05) is 11.9 Å². The number of aromatic nitrogens is 1. The summed E-state index contributed by atoms with van der Waals surface area (Å²) < 4.78 is 0.872. The third-order valence-corrected chi connectivity index (χ3v) is 1.64. The first-order valence-corrected chi connectivity index (χ1v) is 4.45. The second-order valence-electron chi connectivity index (χ2n) is 2.41. The Bertz CT molecular complexity index is 337. The highest BCUT2D eigenvalue weighted by Gasteiger charge is 1.93. The quantitative estimate of drug-likeness (QED) is 0.878. The third-order valence-electron chi connectivity index (χ3n) is 1.36. The molecule has 1 aromatic heterocycles. The van der Waals surface area contributed by atoms with E-state index in [4.69, 9.17) is 5.26 Å². The molecule has 4 heteroatoms. The van der Waals surface area contributed by atoms with Crippen molar-refractivity contribution in [2.24, 2.45) is 0 Å². The van der Waals surface area contributed by atoms with Gasteiger partial charge in [-0.1, -0.05) is 22.5 Å². The van der Waals surface area contributed by atoms with Gasteiger partial charge in [-0.3, -0.25) is 0 Å². The van der Waals surface area contributed by atoms with Crippen molar-refractivity contribution < 1.29 is 0 Å². The molecule has 0 unspecified atom stereocenters. The average Bonchev–Trinajstić information content (AvgIpc) is 2.15. The number of nitrogens with one attached hydrogen (secondary N) is 1. The summed E-state index contributed by atoms with van der Waals surface area (Å²) in [6.45, 7) is 4.33. The first-order chi connectivity index (χ1) is 6.22. The summed E-state index contributed by atoms with van der Waals surface area (Å²) in [5.74, 6) is 0. The number of nitriles is 1. The standard InChI is InChI=1S/C9H8BrN3/c1-7(10)5-12-9-3-2-8(4-11)13-6-9/h2-3,6,12H,1,5H2. The number of halogens is 1. The van der Waals surface area contributed by atoms with Crippen molar-refractivity contribution in [1.82, 2.24) is 4.98 Å². The van der Waals surface area contributed by atoms with E-state index in [9.17, 15) is 0 Å². The summed E-state index contributed by atoms with van der Waals surface area (Å²) in [7, 11) is 0. The van der Waals surface area contributed by atoms with Crippen LogP contribution in [-0.4, -0.2) is 11.5 Å². The Morgan fingerprint density at radius 2 is 2.46 bits per heavy atom. The lowest BCUT2D eigenvalue weighted by Gasteiger charge is -2.03. The van der Waals surface area contributed by atoms with Crippen LogP contribution in [-0.2, 0) is 0 Å². The van der Waals surface area contributed by atoms with Crippen molar-refractivity contribution in [3.05, 3.63) is 35.1 Å². The number of rotatable bonds is 3. The van der Waals surface area contributed by atoms with Crippen LogP contribution in [0.4, 0.5) is 5.69 Å². The predicted molar refractivity (Wildman–Crippen MR) is 55.5 cm³/mol. The molecule has 0 saturated heterocycles. The van der Waals surface area contributed by atoms with E-state index in [1.54, 1.807) is 12.3 Å². The summed E-state index contributed by atoms with van der Waals surface area (Å²) in [6, 6.07) is 5.43. The van der Waals surface area contributed by atoms with Crippen LogP contribution >= 0.6 is 15.9 Å². The van der Waals surface area contributed by atoms with Crippen LogP contribution in [0, 0.1) is 11.3 Å². The third kappa shape index (κ3) is 3.26. The normalized spacial score (nSPS) is 8.92. The summed E-state index contributed by atoms with van der Waals surface area (Å²) in [5, 5.41) is 11.6. The van der Waals surface area contributed by atoms with Crippen LogP contribution in [0.1, 0.15) is 5.69 Å². The minimum absolute atomic E-state index is 0.420. The molecule has 1 aromatic rings. The average molecular weight is 238 g/mol. The van der Waals surface area contributed by atoms with Crippen molar-refractivity contribution in [3.63, 3.8) is 0 Å². The molecule has 0 amide bonds. The minimum atomic E-state index is 0.420. The van der Waals surface area contributed by atoms with E-state index in [-0.39, 0.29) is 0 Å². The lowest BCUT2D eigenvalue weighted by Crippen LogP contribution is -2.00. The number of hydrogen-bond acceptors (Lipinski definition) is 3. The molecule has 0 spiro atoms. The summed E-state index contributed by atoms with van der Waals surface area (Å²) in [6.07, 6.45) is 1.62. The molecule has 0 atom stereocenters. The van der Waals surface area contributed by atoms with Gasteiger partial charge >= 0.3 is 0 Å². The first-order valence-electron chi connectivity index (χ1n) is 3.65. The molecule has 0 bridgehead atoms. The van der Waals surface area contributed by atoms with E-state index >= 15 is 0 Å². The fraction of sp³-hybridized carbons (Fsp3) is 0.111. The summed E-state index contributed by atoms with van der Waals surface area (Å²) in [5.41, 5.74) is 1.29. The molecule has 0 fully saturated rings. The van der Waals surface area contributed by atoms with Gasteiger partial charge in [-0.05, 0) is 12.1 Å². The fourth-order valence-electron chi connectivity index (χ4n) is 0.763. The lowest BCUT2D eigenvalue weighted by molar-refractivity contribution is 1.23. The van der Waals surface area contributed by atoms with Crippen molar-refractivity contribution in [2.45, 2.75) is 0 Å². The molecular formula is C9H8BrN3. The Morgan fingerprint density at radius 3 is 2.92 bits per heavy atom. The highest BCUT2D eigenvalue weighted by atomic mass is 79.9. The number of anilines is 1. The topological polar surface area (TPSA) is 48.7 Å². The van der Waals surface area contributed by atoms with Crippen LogP contribution in [0.2, 0.25) is 0 Å². The van der Waals surface area contributed by atoms with Gasteiger partial charge in [-0.2, -0.15) is 5.26 Å². The zero-order valence-corrected chi connectivity index (χ0v) is 8.50. The van der Waals surface area contributed by atoms with Gasteiger partial charge in [0.25, 0.3) is 0 Å². The highest BCUT2D eigenvalue weighted by molar-refractivity contribution is 9.11.